The summed E-state index contributed by atoms with van der Waals surface area (Å²) < 4.78 is 13.1. The average Bonchev–Trinajstić information content (AvgIpc) is 2.40. The molecule has 1 aromatic rings. The highest BCUT2D eigenvalue weighted by molar-refractivity contribution is 5.32. The van der Waals surface area contributed by atoms with Crippen molar-refractivity contribution in [2.24, 2.45) is 0 Å². The highest BCUT2D eigenvalue weighted by atomic mass is 19.1. The molecule has 0 fully saturated rings. The second kappa shape index (κ2) is 7.88. The molecule has 0 aliphatic heterocycles. The van der Waals surface area contributed by atoms with Crippen LogP contribution < -0.4 is 5.32 Å². The van der Waals surface area contributed by atoms with Crippen molar-refractivity contribution in [3.05, 3.63) is 35.1 Å². The molecule has 0 saturated heterocycles. The van der Waals surface area contributed by atoms with Crippen LogP contribution in [0.1, 0.15) is 31.0 Å². The van der Waals surface area contributed by atoms with Crippen LogP contribution in [0.5, 0.6) is 0 Å². The van der Waals surface area contributed by atoms with E-state index in [4.69, 9.17) is 0 Å². The molecular weight excluding hydrogens is 241 g/mol. The molecule has 0 aliphatic carbocycles. The van der Waals surface area contributed by atoms with E-state index in [2.05, 4.69) is 30.1 Å². The fraction of sp³-hybridized carbons (Fsp3) is 0.533. The Morgan fingerprint density at radius 1 is 1.37 bits per heavy atom. The molecule has 1 atom stereocenters. The Morgan fingerprint density at radius 2 is 2.05 bits per heavy atom. The number of aryl methyl sites for hydroxylation is 1. The molecule has 0 aliphatic rings. The average molecular weight is 263 g/mol. The topological polar surface area (TPSA) is 39.1 Å². The minimum absolute atomic E-state index is 0.263. The molecule has 0 amide bonds. The lowest BCUT2D eigenvalue weighted by Crippen LogP contribution is -2.33. The molecule has 0 spiro atoms. The van der Waals surface area contributed by atoms with Crippen molar-refractivity contribution < 1.29 is 4.39 Å². The molecule has 0 radical (unpaired) electrons. The number of nitriles is 1. The first-order valence-corrected chi connectivity index (χ1v) is 6.73. The Hall–Kier alpha value is -1.44. The van der Waals surface area contributed by atoms with Gasteiger partial charge in [0.25, 0.3) is 0 Å². The van der Waals surface area contributed by atoms with Gasteiger partial charge in [0.05, 0.1) is 6.07 Å². The van der Waals surface area contributed by atoms with Crippen molar-refractivity contribution >= 4 is 0 Å². The van der Waals surface area contributed by atoms with Crippen molar-refractivity contribution in [1.82, 2.24) is 10.2 Å². The molecule has 3 nitrogen and oxygen atoms in total. The van der Waals surface area contributed by atoms with Gasteiger partial charge in [0.1, 0.15) is 11.9 Å². The molecule has 0 saturated carbocycles. The molecule has 1 unspecified atom stereocenters. The van der Waals surface area contributed by atoms with Crippen LogP contribution in [0.3, 0.4) is 0 Å². The van der Waals surface area contributed by atoms with E-state index in [1.807, 2.05) is 6.92 Å². The maximum atomic E-state index is 13.1. The van der Waals surface area contributed by atoms with E-state index in [1.54, 1.807) is 6.07 Å². The summed E-state index contributed by atoms with van der Waals surface area (Å²) in [7, 11) is 0. The van der Waals surface area contributed by atoms with E-state index in [0.29, 0.717) is 0 Å². The van der Waals surface area contributed by atoms with Gasteiger partial charge in [0.15, 0.2) is 0 Å². The maximum absolute atomic E-state index is 13.1. The number of halogens is 1. The SMILES string of the molecule is CCN(CC)CCNC(C#N)c1ccc(F)cc1C. The van der Waals surface area contributed by atoms with Crippen molar-refractivity contribution in [2.75, 3.05) is 26.2 Å². The summed E-state index contributed by atoms with van der Waals surface area (Å²) in [6, 6.07) is 6.41. The lowest BCUT2D eigenvalue weighted by Gasteiger charge is -2.20. The van der Waals surface area contributed by atoms with Gasteiger partial charge in [-0.1, -0.05) is 19.9 Å². The zero-order valence-electron chi connectivity index (χ0n) is 11.9. The zero-order valence-corrected chi connectivity index (χ0v) is 11.9. The highest BCUT2D eigenvalue weighted by Crippen LogP contribution is 2.18. The molecule has 1 aromatic carbocycles. The standard InChI is InChI=1S/C15H22FN3/c1-4-19(5-2)9-8-18-15(11-17)14-7-6-13(16)10-12(14)3/h6-7,10,15,18H,4-5,8-9H2,1-3H3. The van der Waals surface area contributed by atoms with Crippen LogP contribution in [0.25, 0.3) is 0 Å². The second-order valence-corrected chi connectivity index (χ2v) is 4.54. The number of hydrogen-bond donors (Lipinski definition) is 1. The Labute approximate surface area is 115 Å². The second-order valence-electron chi connectivity index (χ2n) is 4.54. The van der Waals surface area contributed by atoms with Gasteiger partial charge < -0.3 is 4.90 Å². The molecular formula is C15H22FN3. The predicted octanol–water partition coefficient (Wildman–Crippen LogP) is 2.63. The monoisotopic (exact) mass is 263 g/mol. The fourth-order valence-electron chi connectivity index (χ4n) is 2.09. The van der Waals surface area contributed by atoms with Crippen molar-refractivity contribution in [3.8, 4) is 6.07 Å². The summed E-state index contributed by atoms with van der Waals surface area (Å²) in [5.41, 5.74) is 1.66. The van der Waals surface area contributed by atoms with E-state index >= 15 is 0 Å². The van der Waals surface area contributed by atoms with Crippen LogP contribution in [0.15, 0.2) is 18.2 Å². The summed E-state index contributed by atoms with van der Waals surface area (Å²) in [4.78, 5) is 2.29. The smallest absolute Gasteiger partial charge is 0.123 e. The molecule has 0 heterocycles. The number of nitrogens with one attached hydrogen (secondary N) is 1. The third-order valence-electron chi connectivity index (χ3n) is 3.34. The van der Waals surface area contributed by atoms with E-state index < -0.39 is 0 Å². The number of benzene rings is 1. The lowest BCUT2D eigenvalue weighted by atomic mass is 10.0. The molecule has 0 bridgehead atoms. The van der Waals surface area contributed by atoms with Gasteiger partial charge >= 0.3 is 0 Å². The first-order chi connectivity index (χ1) is 9.12. The maximum Gasteiger partial charge on any atom is 0.123 e. The minimum Gasteiger partial charge on any atom is -0.303 e. The van der Waals surface area contributed by atoms with E-state index in [-0.39, 0.29) is 11.9 Å². The van der Waals surface area contributed by atoms with Gasteiger partial charge in [-0.2, -0.15) is 5.26 Å². The van der Waals surface area contributed by atoms with Crippen molar-refractivity contribution in [3.63, 3.8) is 0 Å². The van der Waals surface area contributed by atoms with Crippen LogP contribution in [-0.2, 0) is 0 Å². The van der Waals surface area contributed by atoms with Crippen LogP contribution >= 0.6 is 0 Å². The summed E-state index contributed by atoms with van der Waals surface area (Å²) in [5, 5.41) is 12.5. The van der Waals surface area contributed by atoms with Crippen LogP contribution in [0.4, 0.5) is 4.39 Å². The molecule has 1 rings (SSSR count). The molecule has 1 N–H and O–H groups in total. The Kier molecular flexibility index (Phi) is 6.48. The van der Waals surface area contributed by atoms with E-state index in [1.165, 1.54) is 12.1 Å². The molecule has 4 heteroatoms. The fourth-order valence-corrected chi connectivity index (χ4v) is 2.09. The lowest BCUT2D eigenvalue weighted by molar-refractivity contribution is 0.300. The van der Waals surface area contributed by atoms with Gasteiger partial charge in [-0.15, -0.1) is 0 Å². The van der Waals surface area contributed by atoms with E-state index in [9.17, 15) is 9.65 Å². The molecule has 0 aromatic heterocycles. The van der Waals surface area contributed by atoms with Gasteiger partial charge in [-0.05, 0) is 43.3 Å². The number of hydrogen-bond acceptors (Lipinski definition) is 3. The molecule has 104 valence electrons. The number of likely N-dealkylation sites (N-methyl/N-ethyl adjacent to an activating group) is 1. The van der Waals surface area contributed by atoms with Crippen molar-refractivity contribution in [1.29, 1.82) is 5.26 Å². The third kappa shape index (κ3) is 4.62. The first-order valence-electron chi connectivity index (χ1n) is 6.73. The van der Waals surface area contributed by atoms with Crippen LogP contribution in [-0.4, -0.2) is 31.1 Å². The quantitative estimate of drug-likeness (QED) is 0.822. The van der Waals surface area contributed by atoms with Gasteiger partial charge in [-0.25, -0.2) is 4.39 Å². The Morgan fingerprint density at radius 3 is 2.58 bits per heavy atom. The third-order valence-corrected chi connectivity index (χ3v) is 3.34. The predicted molar refractivity (Wildman–Crippen MR) is 75.3 cm³/mol. The van der Waals surface area contributed by atoms with Gasteiger partial charge in [0, 0.05) is 13.1 Å². The van der Waals surface area contributed by atoms with Crippen LogP contribution in [0, 0.1) is 24.1 Å². The summed E-state index contributed by atoms with van der Waals surface area (Å²) in [5.74, 6) is -0.263. The first kappa shape index (κ1) is 15.6. The van der Waals surface area contributed by atoms with Crippen LogP contribution in [0.2, 0.25) is 0 Å². The summed E-state index contributed by atoms with van der Waals surface area (Å²) in [6.07, 6.45) is 0. The Balaban J connectivity index is 2.61. The van der Waals surface area contributed by atoms with Gasteiger partial charge in [-0.3, -0.25) is 5.32 Å². The summed E-state index contributed by atoms with van der Waals surface area (Å²) >= 11 is 0. The summed E-state index contributed by atoms with van der Waals surface area (Å²) in [6.45, 7) is 9.73. The largest absolute Gasteiger partial charge is 0.303 e. The number of rotatable bonds is 7. The molecule has 19 heavy (non-hydrogen) atoms. The van der Waals surface area contributed by atoms with E-state index in [0.717, 1.165) is 37.3 Å². The highest BCUT2D eigenvalue weighted by Gasteiger charge is 2.13. The normalized spacial score (nSPS) is 12.4. The number of nitrogens with zero attached hydrogens (tertiary/aromatic N) is 2. The van der Waals surface area contributed by atoms with Gasteiger partial charge in [0.2, 0.25) is 0 Å². The van der Waals surface area contributed by atoms with Crippen molar-refractivity contribution in [2.45, 2.75) is 26.8 Å². The Bertz CT molecular complexity index is 436. The minimum atomic E-state index is -0.379. The zero-order chi connectivity index (χ0) is 14.3.